The van der Waals surface area contributed by atoms with E-state index >= 15 is 0 Å². The van der Waals surface area contributed by atoms with E-state index in [0.717, 1.165) is 11.0 Å². The van der Waals surface area contributed by atoms with Gasteiger partial charge < -0.3 is 13.9 Å². The van der Waals surface area contributed by atoms with Crippen LogP contribution in [0.1, 0.15) is 39.0 Å². The number of benzene rings is 1. The fourth-order valence-electron chi connectivity index (χ4n) is 2.67. The number of nitrogens with zero attached hydrogens (tertiary/aromatic N) is 2. The van der Waals surface area contributed by atoms with Crippen LogP contribution in [0.2, 0.25) is 0 Å². The summed E-state index contributed by atoms with van der Waals surface area (Å²) in [6, 6.07) is 14.1. The van der Waals surface area contributed by atoms with Crippen LogP contribution in [0.4, 0.5) is 0 Å². The summed E-state index contributed by atoms with van der Waals surface area (Å²) >= 11 is 0. The molecule has 3 rings (SSSR count). The zero-order valence-electron chi connectivity index (χ0n) is 14.0. The molecule has 0 bridgehead atoms. The molecule has 0 spiro atoms. The van der Waals surface area contributed by atoms with E-state index in [2.05, 4.69) is 45.9 Å². The molecule has 1 aliphatic heterocycles. The molecule has 0 unspecified atom stereocenters. The van der Waals surface area contributed by atoms with Crippen LogP contribution in [0.3, 0.4) is 0 Å². The highest BCUT2D eigenvalue weighted by molar-refractivity contribution is 6.62. The number of hydrogen-bond donors (Lipinski definition) is 0. The second-order valence-electron chi connectivity index (χ2n) is 6.97. The minimum atomic E-state index is -0.361. The molecule has 1 saturated heterocycles. The Morgan fingerprint density at radius 2 is 1.78 bits per heavy atom. The zero-order valence-corrected chi connectivity index (χ0v) is 14.0. The molecule has 5 heteroatoms. The van der Waals surface area contributed by atoms with Crippen molar-refractivity contribution in [3.8, 4) is 6.07 Å². The van der Waals surface area contributed by atoms with Gasteiger partial charge in [0.1, 0.15) is 11.8 Å². The van der Waals surface area contributed by atoms with Crippen molar-refractivity contribution in [1.29, 1.82) is 5.26 Å². The van der Waals surface area contributed by atoms with E-state index in [-0.39, 0.29) is 18.3 Å². The van der Waals surface area contributed by atoms with Crippen molar-refractivity contribution in [2.45, 2.75) is 45.4 Å². The smallest absolute Gasteiger partial charge is 0.399 e. The number of nitriles is 1. The van der Waals surface area contributed by atoms with Crippen molar-refractivity contribution < 1.29 is 9.31 Å². The van der Waals surface area contributed by atoms with Gasteiger partial charge in [-0.15, -0.1) is 0 Å². The molecule has 118 valence electrons. The molecule has 1 aromatic heterocycles. The van der Waals surface area contributed by atoms with Crippen LogP contribution in [0.5, 0.6) is 0 Å². The molecule has 0 amide bonds. The van der Waals surface area contributed by atoms with Gasteiger partial charge in [-0.2, -0.15) is 5.26 Å². The molecule has 2 aromatic rings. The average molecular weight is 308 g/mol. The van der Waals surface area contributed by atoms with E-state index in [4.69, 9.17) is 14.6 Å². The summed E-state index contributed by atoms with van der Waals surface area (Å²) in [5, 5.41) is 9.12. The van der Waals surface area contributed by atoms with Gasteiger partial charge in [-0.1, -0.05) is 24.3 Å². The highest BCUT2D eigenvalue weighted by Gasteiger charge is 2.51. The lowest BCUT2D eigenvalue weighted by Gasteiger charge is -2.32. The number of aromatic nitrogens is 1. The van der Waals surface area contributed by atoms with Gasteiger partial charge in [-0.3, -0.25) is 0 Å². The summed E-state index contributed by atoms with van der Waals surface area (Å²) in [5.41, 5.74) is 2.09. The predicted octanol–water partition coefficient (Wildman–Crippen LogP) is 2.71. The Bertz CT molecular complexity index is 742. The summed E-state index contributed by atoms with van der Waals surface area (Å²) in [4.78, 5) is 0. The topological polar surface area (TPSA) is 47.2 Å². The maximum Gasteiger partial charge on any atom is 0.494 e. The standard InChI is InChI=1S/C18H21BN2O2/c1-17(2)18(3,4)23-19(22-17)15-8-5-7-14(11-15)13-21-10-6-9-16(21)12-20/h5-11H,13H2,1-4H3. The van der Waals surface area contributed by atoms with Crippen molar-refractivity contribution in [1.82, 2.24) is 4.57 Å². The first-order chi connectivity index (χ1) is 10.8. The molecular formula is C18H21BN2O2. The van der Waals surface area contributed by atoms with E-state index in [1.165, 1.54) is 0 Å². The monoisotopic (exact) mass is 308 g/mol. The molecule has 2 heterocycles. The van der Waals surface area contributed by atoms with E-state index < -0.39 is 0 Å². The van der Waals surface area contributed by atoms with Crippen LogP contribution >= 0.6 is 0 Å². The highest BCUT2D eigenvalue weighted by Crippen LogP contribution is 2.36. The Kier molecular flexibility index (Phi) is 3.83. The molecule has 0 N–H and O–H groups in total. The van der Waals surface area contributed by atoms with Crippen LogP contribution in [-0.4, -0.2) is 22.9 Å². The van der Waals surface area contributed by atoms with E-state index in [1.54, 1.807) is 0 Å². The maximum atomic E-state index is 9.12. The third kappa shape index (κ3) is 2.92. The van der Waals surface area contributed by atoms with Crippen molar-refractivity contribution in [2.24, 2.45) is 0 Å². The number of hydrogen-bond acceptors (Lipinski definition) is 3. The second-order valence-corrected chi connectivity index (χ2v) is 6.97. The Balaban J connectivity index is 1.83. The minimum Gasteiger partial charge on any atom is -0.399 e. The normalized spacial score (nSPS) is 18.8. The van der Waals surface area contributed by atoms with Crippen LogP contribution in [0, 0.1) is 11.3 Å². The Labute approximate surface area is 137 Å². The van der Waals surface area contributed by atoms with E-state index in [9.17, 15) is 0 Å². The van der Waals surface area contributed by atoms with Gasteiger partial charge in [-0.05, 0) is 50.9 Å². The summed E-state index contributed by atoms with van der Waals surface area (Å²) < 4.78 is 14.1. The lowest BCUT2D eigenvalue weighted by atomic mass is 9.78. The highest BCUT2D eigenvalue weighted by atomic mass is 16.7. The van der Waals surface area contributed by atoms with Gasteiger partial charge >= 0.3 is 7.12 Å². The SMILES string of the molecule is CC1(C)OB(c2cccc(Cn3cccc3C#N)c2)OC1(C)C. The summed E-state index contributed by atoms with van der Waals surface area (Å²) in [6.07, 6.45) is 1.92. The van der Waals surface area contributed by atoms with E-state index in [0.29, 0.717) is 12.2 Å². The van der Waals surface area contributed by atoms with Crippen molar-refractivity contribution in [3.05, 3.63) is 53.9 Å². The molecule has 0 atom stereocenters. The van der Waals surface area contributed by atoms with Crippen molar-refractivity contribution in [3.63, 3.8) is 0 Å². The summed E-state index contributed by atoms with van der Waals surface area (Å²) in [6.45, 7) is 8.86. The average Bonchev–Trinajstić information content (AvgIpc) is 3.01. The lowest BCUT2D eigenvalue weighted by Crippen LogP contribution is -2.41. The quantitative estimate of drug-likeness (QED) is 0.819. The van der Waals surface area contributed by atoms with Crippen LogP contribution < -0.4 is 5.46 Å². The van der Waals surface area contributed by atoms with E-state index in [1.807, 2.05) is 35.0 Å². The van der Waals surface area contributed by atoms with Crippen LogP contribution in [0.15, 0.2) is 42.6 Å². The molecular weight excluding hydrogens is 287 g/mol. The predicted molar refractivity (Wildman–Crippen MR) is 90.4 cm³/mol. The van der Waals surface area contributed by atoms with Crippen molar-refractivity contribution >= 4 is 12.6 Å². The third-order valence-corrected chi connectivity index (χ3v) is 4.77. The first-order valence-electron chi connectivity index (χ1n) is 7.82. The molecule has 1 fully saturated rings. The fourth-order valence-corrected chi connectivity index (χ4v) is 2.67. The van der Waals surface area contributed by atoms with Gasteiger partial charge in [0.05, 0.1) is 11.2 Å². The first kappa shape index (κ1) is 15.9. The maximum absolute atomic E-state index is 9.12. The molecule has 0 radical (unpaired) electrons. The number of rotatable bonds is 3. The lowest BCUT2D eigenvalue weighted by molar-refractivity contribution is 0.00578. The first-order valence-corrected chi connectivity index (χ1v) is 7.82. The molecule has 4 nitrogen and oxygen atoms in total. The second kappa shape index (κ2) is 5.56. The van der Waals surface area contributed by atoms with Gasteiger partial charge in [0.15, 0.2) is 0 Å². The van der Waals surface area contributed by atoms with Crippen LogP contribution in [-0.2, 0) is 15.9 Å². The van der Waals surface area contributed by atoms with Gasteiger partial charge in [-0.25, -0.2) is 0 Å². The summed E-state index contributed by atoms with van der Waals surface area (Å²) in [5.74, 6) is 0. The Morgan fingerprint density at radius 3 is 2.43 bits per heavy atom. The van der Waals surface area contributed by atoms with Gasteiger partial charge in [0, 0.05) is 12.7 Å². The van der Waals surface area contributed by atoms with Gasteiger partial charge in [0.25, 0.3) is 0 Å². The molecule has 1 aromatic carbocycles. The van der Waals surface area contributed by atoms with Gasteiger partial charge in [0.2, 0.25) is 0 Å². The molecule has 1 aliphatic rings. The Morgan fingerprint density at radius 1 is 1.09 bits per heavy atom. The summed E-state index contributed by atoms with van der Waals surface area (Å²) in [7, 11) is -0.361. The Hall–Kier alpha value is -2.03. The van der Waals surface area contributed by atoms with Crippen LogP contribution in [0.25, 0.3) is 0 Å². The zero-order chi connectivity index (χ0) is 16.7. The third-order valence-electron chi connectivity index (χ3n) is 4.77. The fraction of sp³-hybridized carbons (Fsp3) is 0.389. The molecule has 0 saturated carbocycles. The molecule has 0 aliphatic carbocycles. The minimum absolute atomic E-state index is 0.345. The molecule has 23 heavy (non-hydrogen) atoms. The largest absolute Gasteiger partial charge is 0.494 e. The van der Waals surface area contributed by atoms with Crippen molar-refractivity contribution in [2.75, 3.05) is 0 Å².